The summed E-state index contributed by atoms with van der Waals surface area (Å²) in [5.41, 5.74) is 3.25. The average molecular weight is 458 g/mol. The van der Waals surface area contributed by atoms with E-state index < -0.39 is 12.1 Å². The van der Waals surface area contributed by atoms with Crippen LogP contribution in [0.1, 0.15) is 54.5 Å². The molecule has 1 aromatic carbocycles. The van der Waals surface area contributed by atoms with E-state index in [4.69, 9.17) is 4.98 Å². The number of aromatic amines is 1. The quantitative estimate of drug-likeness (QED) is 0.571. The molecule has 4 rings (SSSR count). The number of rotatable bonds is 4. The molecule has 9 heteroatoms. The Balaban J connectivity index is 1.71. The number of benzene rings is 1. The van der Waals surface area contributed by atoms with Gasteiger partial charge in [0.15, 0.2) is 5.82 Å². The van der Waals surface area contributed by atoms with Gasteiger partial charge in [0.25, 0.3) is 5.91 Å². The van der Waals surface area contributed by atoms with Crippen molar-refractivity contribution < 1.29 is 18.0 Å². The fraction of sp³-hybridized carbons (Fsp3) is 0.417. The van der Waals surface area contributed by atoms with Crippen molar-refractivity contribution in [3.05, 3.63) is 53.5 Å². The van der Waals surface area contributed by atoms with E-state index in [0.29, 0.717) is 28.5 Å². The molecular weight excluding hydrogens is 431 g/mol. The molecule has 1 aliphatic heterocycles. The summed E-state index contributed by atoms with van der Waals surface area (Å²) in [4.78, 5) is 24.0. The van der Waals surface area contributed by atoms with Crippen molar-refractivity contribution in [2.45, 2.75) is 45.7 Å². The number of pyridine rings is 1. The number of carbonyl (C=O) groups excluding carboxylic acids is 1. The SMILES string of the molecule is Cc1nc(-c2ccc(C(=O)N3CCC(C(F)(F)F)CC3)c(-c3cccc(C(C)C)n3)c2)n[nH]1. The zero-order valence-corrected chi connectivity index (χ0v) is 18.8. The molecule has 0 spiro atoms. The number of hydrogen-bond acceptors (Lipinski definition) is 4. The monoisotopic (exact) mass is 457 g/mol. The number of alkyl halides is 3. The van der Waals surface area contributed by atoms with Crippen LogP contribution in [0.3, 0.4) is 0 Å². The smallest absolute Gasteiger partial charge is 0.339 e. The molecule has 0 saturated carbocycles. The fourth-order valence-electron chi connectivity index (χ4n) is 4.06. The molecule has 1 N–H and O–H groups in total. The maximum Gasteiger partial charge on any atom is 0.391 e. The number of halogens is 3. The Hall–Kier alpha value is -3.23. The first kappa shape index (κ1) is 22.9. The van der Waals surface area contributed by atoms with Crippen LogP contribution < -0.4 is 0 Å². The first-order chi connectivity index (χ1) is 15.6. The minimum Gasteiger partial charge on any atom is -0.339 e. The fourth-order valence-corrected chi connectivity index (χ4v) is 4.06. The zero-order valence-electron chi connectivity index (χ0n) is 18.8. The second-order valence-corrected chi connectivity index (χ2v) is 8.72. The van der Waals surface area contributed by atoms with E-state index in [9.17, 15) is 18.0 Å². The second kappa shape index (κ2) is 8.96. The summed E-state index contributed by atoms with van der Waals surface area (Å²) in [6.45, 7) is 6.02. The summed E-state index contributed by atoms with van der Waals surface area (Å²) >= 11 is 0. The largest absolute Gasteiger partial charge is 0.391 e. The van der Waals surface area contributed by atoms with E-state index in [2.05, 4.69) is 15.2 Å². The first-order valence-electron chi connectivity index (χ1n) is 11.0. The van der Waals surface area contributed by atoms with E-state index >= 15 is 0 Å². The summed E-state index contributed by atoms with van der Waals surface area (Å²) in [6.07, 6.45) is -4.39. The van der Waals surface area contributed by atoms with E-state index in [1.807, 2.05) is 38.1 Å². The minimum absolute atomic E-state index is 0.0732. The summed E-state index contributed by atoms with van der Waals surface area (Å²) in [6, 6.07) is 10.9. The van der Waals surface area contributed by atoms with Gasteiger partial charge in [-0.15, -0.1) is 0 Å². The van der Waals surface area contributed by atoms with Crippen molar-refractivity contribution in [3.63, 3.8) is 0 Å². The Kier molecular flexibility index (Phi) is 6.23. The Labute approximate surface area is 190 Å². The van der Waals surface area contributed by atoms with E-state index in [-0.39, 0.29) is 37.8 Å². The summed E-state index contributed by atoms with van der Waals surface area (Å²) < 4.78 is 39.2. The second-order valence-electron chi connectivity index (χ2n) is 8.72. The molecule has 1 fully saturated rings. The number of piperidine rings is 1. The van der Waals surface area contributed by atoms with Crippen molar-refractivity contribution in [1.29, 1.82) is 0 Å². The van der Waals surface area contributed by atoms with Gasteiger partial charge in [-0.25, -0.2) is 4.98 Å². The van der Waals surface area contributed by atoms with Crippen molar-refractivity contribution in [2.24, 2.45) is 5.92 Å². The minimum atomic E-state index is -4.22. The lowest BCUT2D eigenvalue weighted by molar-refractivity contribution is -0.183. The molecule has 1 aliphatic rings. The van der Waals surface area contributed by atoms with Gasteiger partial charge < -0.3 is 4.90 Å². The van der Waals surface area contributed by atoms with E-state index in [1.165, 1.54) is 4.90 Å². The van der Waals surface area contributed by atoms with Gasteiger partial charge >= 0.3 is 6.18 Å². The van der Waals surface area contributed by atoms with Crippen LogP contribution in [-0.2, 0) is 0 Å². The number of aromatic nitrogens is 4. The maximum atomic E-state index is 13.4. The van der Waals surface area contributed by atoms with Crippen LogP contribution in [0.15, 0.2) is 36.4 Å². The number of likely N-dealkylation sites (tertiary alicyclic amines) is 1. The van der Waals surface area contributed by atoms with Gasteiger partial charge in [0.05, 0.1) is 11.6 Å². The van der Waals surface area contributed by atoms with Gasteiger partial charge in [0, 0.05) is 35.5 Å². The highest BCUT2D eigenvalue weighted by Gasteiger charge is 2.42. The molecule has 6 nitrogen and oxygen atoms in total. The normalized spacial score (nSPS) is 15.3. The Morgan fingerprint density at radius 1 is 1.12 bits per heavy atom. The highest BCUT2D eigenvalue weighted by atomic mass is 19.4. The van der Waals surface area contributed by atoms with Crippen LogP contribution in [0.5, 0.6) is 0 Å². The lowest BCUT2D eigenvalue weighted by atomic mass is 9.94. The molecule has 0 atom stereocenters. The number of aryl methyl sites for hydroxylation is 1. The van der Waals surface area contributed by atoms with Crippen LogP contribution in [-0.4, -0.2) is 50.2 Å². The molecule has 0 bridgehead atoms. The van der Waals surface area contributed by atoms with Crippen LogP contribution in [0.25, 0.3) is 22.6 Å². The third kappa shape index (κ3) is 4.91. The molecule has 3 aromatic rings. The highest BCUT2D eigenvalue weighted by Crippen LogP contribution is 2.35. The number of H-pyrrole nitrogens is 1. The number of carbonyl (C=O) groups is 1. The van der Waals surface area contributed by atoms with Crippen LogP contribution in [0, 0.1) is 12.8 Å². The molecule has 3 heterocycles. The third-order valence-electron chi connectivity index (χ3n) is 5.99. The Bertz CT molecular complexity index is 1150. The molecule has 0 aliphatic carbocycles. The van der Waals surface area contributed by atoms with Crippen molar-refractivity contribution in [3.8, 4) is 22.6 Å². The lowest BCUT2D eigenvalue weighted by Crippen LogP contribution is -2.42. The molecule has 174 valence electrons. The van der Waals surface area contributed by atoms with Crippen LogP contribution in [0.2, 0.25) is 0 Å². The van der Waals surface area contributed by atoms with Gasteiger partial charge in [-0.1, -0.05) is 26.0 Å². The standard InChI is InChI=1S/C24H26F3N5O/c1-14(2)20-5-4-6-21(29-20)19-13-16(22-28-15(3)30-31-22)7-8-18(19)23(33)32-11-9-17(10-12-32)24(25,26)27/h4-8,13-14,17H,9-12H2,1-3H3,(H,28,30,31). The number of nitrogens with zero attached hydrogens (tertiary/aromatic N) is 4. The molecule has 0 unspecified atom stereocenters. The van der Waals surface area contributed by atoms with Crippen molar-refractivity contribution in [2.75, 3.05) is 13.1 Å². The van der Waals surface area contributed by atoms with Crippen molar-refractivity contribution >= 4 is 5.91 Å². The first-order valence-corrected chi connectivity index (χ1v) is 11.0. The zero-order chi connectivity index (χ0) is 23.8. The van der Waals surface area contributed by atoms with Gasteiger partial charge in [-0.05, 0) is 49.9 Å². The summed E-state index contributed by atoms with van der Waals surface area (Å²) in [7, 11) is 0. The van der Waals surface area contributed by atoms with Crippen molar-refractivity contribution in [1.82, 2.24) is 25.1 Å². The van der Waals surface area contributed by atoms with Gasteiger partial charge in [-0.3, -0.25) is 14.9 Å². The molecule has 2 aromatic heterocycles. The Morgan fingerprint density at radius 2 is 1.85 bits per heavy atom. The molecule has 1 saturated heterocycles. The lowest BCUT2D eigenvalue weighted by Gasteiger charge is -2.33. The summed E-state index contributed by atoms with van der Waals surface area (Å²) in [5.74, 6) is -0.288. The number of nitrogens with one attached hydrogen (secondary N) is 1. The highest BCUT2D eigenvalue weighted by molar-refractivity contribution is 6.01. The molecule has 33 heavy (non-hydrogen) atoms. The van der Waals surface area contributed by atoms with E-state index in [0.717, 1.165) is 11.3 Å². The molecule has 0 radical (unpaired) electrons. The summed E-state index contributed by atoms with van der Waals surface area (Å²) in [5, 5.41) is 7.02. The topological polar surface area (TPSA) is 74.8 Å². The number of amides is 1. The van der Waals surface area contributed by atoms with Gasteiger partial charge in [0.1, 0.15) is 5.82 Å². The van der Waals surface area contributed by atoms with Gasteiger partial charge in [0.2, 0.25) is 0 Å². The van der Waals surface area contributed by atoms with Crippen LogP contribution in [0.4, 0.5) is 13.2 Å². The van der Waals surface area contributed by atoms with Crippen LogP contribution >= 0.6 is 0 Å². The predicted molar refractivity (Wildman–Crippen MR) is 119 cm³/mol. The third-order valence-corrected chi connectivity index (χ3v) is 5.99. The average Bonchev–Trinajstić information content (AvgIpc) is 3.24. The Morgan fingerprint density at radius 3 is 2.45 bits per heavy atom. The van der Waals surface area contributed by atoms with Gasteiger partial charge in [-0.2, -0.15) is 18.3 Å². The number of hydrogen-bond donors (Lipinski definition) is 1. The molecular formula is C24H26F3N5O. The molecule has 1 amide bonds. The predicted octanol–water partition coefficient (Wildman–Crippen LogP) is 5.38. The maximum absolute atomic E-state index is 13.4. The van der Waals surface area contributed by atoms with E-state index in [1.54, 1.807) is 19.1 Å².